The number of guanidine groups is 1. The van der Waals surface area contributed by atoms with Crippen LogP contribution in [0.1, 0.15) is 30.9 Å². The van der Waals surface area contributed by atoms with Gasteiger partial charge < -0.3 is 19.9 Å². The van der Waals surface area contributed by atoms with Crippen LogP contribution in [0.5, 0.6) is 5.75 Å². The quantitative estimate of drug-likeness (QED) is 0.437. The van der Waals surface area contributed by atoms with E-state index in [1.165, 1.54) is 11.1 Å². The number of rotatable bonds is 6. The Balaban J connectivity index is 1.40. The minimum atomic E-state index is -0.0357. The maximum Gasteiger partial charge on any atom is 0.239 e. The molecule has 1 N–H and O–H groups in total. The number of amides is 1. The van der Waals surface area contributed by atoms with Crippen molar-refractivity contribution in [3.8, 4) is 5.75 Å². The van der Waals surface area contributed by atoms with Gasteiger partial charge in [0.1, 0.15) is 12.4 Å². The van der Waals surface area contributed by atoms with Gasteiger partial charge in [-0.3, -0.25) is 14.7 Å². The molecule has 1 unspecified atom stereocenters. The second-order valence-electron chi connectivity index (χ2n) is 8.38. The lowest BCUT2D eigenvalue weighted by Gasteiger charge is -2.39. The van der Waals surface area contributed by atoms with Gasteiger partial charge in [0, 0.05) is 46.3 Å². The number of ether oxygens (including phenoxy) is 1. The number of hydrogen-bond acceptors (Lipinski definition) is 4. The maximum absolute atomic E-state index is 12.7. The predicted octanol–water partition coefficient (Wildman–Crippen LogP) is 1.89. The molecule has 1 aromatic carbocycles. The molecule has 3 rings (SSSR count). The molecule has 2 saturated heterocycles. The Morgan fingerprint density at radius 2 is 1.67 bits per heavy atom. The lowest BCUT2D eigenvalue weighted by atomic mass is 10.1. The smallest absolute Gasteiger partial charge is 0.239 e. The number of nitrogens with one attached hydrogen (secondary N) is 1. The second-order valence-corrected chi connectivity index (χ2v) is 8.38. The normalized spacial score (nSPS) is 19.1. The Labute approximate surface area is 181 Å². The van der Waals surface area contributed by atoms with E-state index in [9.17, 15) is 4.79 Å². The van der Waals surface area contributed by atoms with Gasteiger partial charge in [-0.05, 0) is 56.9 Å². The molecule has 7 heteroatoms. The molecule has 0 aromatic heterocycles. The molecule has 166 valence electrons. The number of benzene rings is 1. The summed E-state index contributed by atoms with van der Waals surface area (Å²) in [5, 5.41) is 3.41. The molecule has 0 saturated carbocycles. The van der Waals surface area contributed by atoms with Gasteiger partial charge in [0.15, 0.2) is 5.96 Å². The first-order chi connectivity index (χ1) is 14.5. The van der Waals surface area contributed by atoms with Gasteiger partial charge in [-0.25, -0.2) is 0 Å². The molecule has 0 aliphatic carbocycles. The molecule has 0 bridgehead atoms. The summed E-state index contributed by atoms with van der Waals surface area (Å²) >= 11 is 0. The van der Waals surface area contributed by atoms with Crippen LogP contribution in [0, 0.1) is 13.8 Å². The third-order valence-corrected chi connectivity index (χ3v) is 6.00. The van der Waals surface area contributed by atoms with Crippen LogP contribution >= 0.6 is 0 Å². The van der Waals surface area contributed by atoms with E-state index in [4.69, 9.17) is 4.74 Å². The Kier molecular flexibility index (Phi) is 7.96. The molecule has 30 heavy (non-hydrogen) atoms. The van der Waals surface area contributed by atoms with E-state index in [0.29, 0.717) is 13.2 Å². The summed E-state index contributed by atoms with van der Waals surface area (Å²) in [5.74, 6) is 2.10. The van der Waals surface area contributed by atoms with E-state index >= 15 is 0 Å². The van der Waals surface area contributed by atoms with Crippen LogP contribution in [0.25, 0.3) is 0 Å². The molecule has 0 radical (unpaired) electrons. The fourth-order valence-electron chi connectivity index (χ4n) is 4.36. The second kappa shape index (κ2) is 10.7. The Hall–Kier alpha value is -2.28. The predicted molar refractivity (Wildman–Crippen MR) is 121 cm³/mol. The van der Waals surface area contributed by atoms with Crippen LogP contribution in [-0.4, -0.2) is 92.1 Å². The van der Waals surface area contributed by atoms with Crippen molar-refractivity contribution in [1.29, 1.82) is 0 Å². The summed E-state index contributed by atoms with van der Waals surface area (Å²) in [7, 11) is 1.82. The number of hydrogen-bond donors (Lipinski definition) is 1. The number of aryl methyl sites for hydroxylation is 2. The van der Waals surface area contributed by atoms with Crippen molar-refractivity contribution >= 4 is 11.9 Å². The zero-order chi connectivity index (χ0) is 21.5. The van der Waals surface area contributed by atoms with Gasteiger partial charge >= 0.3 is 0 Å². The SMILES string of the molecule is CN=C(NCCOc1cc(C)cc(C)c1)N1CCN(C(C)C(=O)N2CCCC2)CC1. The van der Waals surface area contributed by atoms with Gasteiger partial charge in [-0.15, -0.1) is 0 Å². The van der Waals surface area contributed by atoms with Crippen molar-refractivity contribution in [1.82, 2.24) is 20.0 Å². The fourth-order valence-corrected chi connectivity index (χ4v) is 4.36. The molecular weight excluding hydrogens is 378 g/mol. The lowest BCUT2D eigenvalue weighted by molar-refractivity contribution is -0.135. The monoisotopic (exact) mass is 415 g/mol. The molecule has 7 nitrogen and oxygen atoms in total. The van der Waals surface area contributed by atoms with Gasteiger partial charge in [0.2, 0.25) is 5.91 Å². The molecular formula is C23H37N5O2. The van der Waals surface area contributed by atoms with Gasteiger partial charge in [0.25, 0.3) is 0 Å². The third kappa shape index (κ3) is 5.88. The number of aliphatic imine (C=N–C) groups is 1. The Morgan fingerprint density at radius 3 is 2.27 bits per heavy atom. The Morgan fingerprint density at radius 1 is 1.03 bits per heavy atom. The largest absolute Gasteiger partial charge is 0.492 e. The number of piperazine rings is 1. The molecule has 1 amide bonds. The van der Waals surface area contributed by atoms with E-state index in [1.807, 2.05) is 18.9 Å². The van der Waals surface area contributed by atoms with Crippen molar-refractivity contribution in [2.45, 2.75) is 39.7 Å². The number of nitrogens with zero attached hydrogens (tertiary/aromatic N) is 4. The summed E-state index contributed by atoms with van der Waals surface area (Å²) in [4.78, 5) is 23.7. The summed E-state index contributed by atoms with van der Waals surface area (Å²) in [6.07, 6.45) is 2.28. The van der Waals surface area contributed by atoms with Gasteiger partial charge in [0.05, 0.1) is 12.6 Å². The fraction of sp³-hybridized carbons (Fsp3) is 0.652. The Bertz CT molecular complexity index is 717. The van der Waals surface area contributed by atoms with Crippen molar-refractivity contribution in [2.75, 3.05) is 59.5 Å². The first-order valence-electron chi connectivity index (χ1n) is 11.2. The van der Waals surface area contributed by atoms with E-state index in [-0.39, 0.29) is 11.9 Å². The number of likely N-dealkylation sites (tertiary alicyclic amines) is 1. The van der Waals surface area contributed by atoms with E-state index in [0.717, 1.165) is 63.8 Å². The van der Waals surface area contributed by atoms with E-state index in [1.54, 1.807) is 0 Å². The molecule has 2 aliphatic rings. The van der Waals surface area contributed by atoms with Crippen molar-refractivity contribution in [3.63, 3.8) is 0 Å². The standard InChI is InChI=1S/C23H37N5O2/c1-18-15-19(2)17-21(16-18)30-14-7-25-23(24-4)28-12-10-26(11-13-28)20(3)22(29)27-8-5-6-9-27/h15-17,20H,5-14H2,1-4H3,(H,24,25). The lowest BCUT2D eigenvalue weighted by Crippen LogP contribution is -2.57. The summed E-state index contributed by atoms with van der Waals surface area (Å²) < 4.78 is 5.89. The summed E-state index contributed by atoms with van der Waals surface area (Å²) in [5.41, 5.74) is 2.42. The minimum Gasteiger partial charge on any atom is -0.492 e. The van der Waals surface area contributed by atoms with Crippen molar-refractivity contribution < 1.29 is 9.53 Å². The molecule has 1 aromatic rings. The number of carbonyl (C=O) groups is 1. The van der Waals surface area contributed by atoms with Gasteiger partial charge in [-0.1, -0.05) is 6.07 Å². The number of carbonyl (C=O) groups excluding carboxylic acids is 1. The maximum atomic E-state index is 12.7. The first-order valence-corrected chi connectivity index (χ1v) is 11.2. The highest BCUT2D eigenvalue weighted by Crippen LogP contribution is 2.16. The third-order valence-electron chi connectivity index (χ3n) is 6.00. The van der Waals surface area contributed by atoms with Crippen LogP contribution in [0.3, 0.4) is 0 Å². The molecule has 2 heterocycles. The zero-order valence-electron chi connectivity index (χ0n) is 19.0. The van der Waals surface area contributed by atoms with Crippen molar-refractivity contribution in [2.24, 2.45) is 4.99 Å². The molecule has 1 atom stereocenters. The van der Waals surface area contributed by atoms with Gasteiger partial charge in [-0.2, -0.15) is 0 Å². The van der Waals surface area contributed by atoms with Crippen LogP contribution < -0.4 is 10.1 Å². The molecule has 2 aliphatic heterocycles. The average molecular weight is 416 g/mol. The van der Waals surface area contributed by atoms with Crippen LogP contribution in [0.15, 0.2) is 23.2 Å². The van der Waals surface area contributed by atoms with Crippen LogP contribution in [0.2, 0.25) is 0 Å². The average Bonchev–Trinajstić information content (AvgIpc) is 3.27. The summed E-state index contributed by atoms with van der Waals surface area (Å²) in [6.45, 7) is 12.8. The summed E-state index contributed by atoms with van der Waals surface area (Å²) in [6, 6.07) is 6.23. The van der Waals surface area contributed by atoms with Crippen LogP contribution in [-0.2, 0) is 4.79 Å². The highest BCUT2D eigenvalue weighted by molar-refractivity contribution is 5.82. The van der Waals surface area contributed by atoms with Crippen LogP contribution in [0.4, 0.5) is 0 Å². The van der Waals surface area contributed by atoms with E-state index < -0.39 is 0 Å². The zero-order valence-corrected chi connectivity index (χ0v) is 19.0. The minimum absolute atomic E-state index is 0.0357. The van der Waals surface area contributed by atoms with Crippen molar-refractivity contribution in [3.05, 3.63) is 29.3 Å². The topological polar surface area (TPSA) is 60.4 Å². The first kappa shape index (κ1) is 22.4. The molecule has 2 fully saturated rings. The molecule has 0 spiro atoms. The van der Waals surface area contributed by atoms with E-state index in [2.05, 4.69) is 52.2 Å². The highest BCUT2D eigenvalue weighted by atomic mass is 16.5. The highest BCUT2D eigenvalue weighted by Gasteiger charge is 2.30.